The van der Waals surface area contributed by atoms with Crippen LogP contribution < -0.4 is 10.1 Å². The number of benzene rings is 3. The molecule has 0 saturated heterocycles. The van der Waals surface area contributed by atoms with Gasteiger partial charge in [-0.3, -0.25) is 9.59 Å². The molecule has 0 aromatic heterocycles. The van der Waals surface area contributed by atoms with E-state index in [0.717, 1.165) is 16.9 Å². The van der Waals surface area contributed by atoms with E-state index in [2.05, 4.69) is 5.32 Å². The van der Waals surface area contributed by atoms with Crippen LogP contribution in [0.25, 0.3) is 0 Å². The lowest BCUT2D eigenvalue weighted by Gasteiger charge is -2.30. The van der Waals surface area contributed by atoms with E-state index in [1.54, 1.807) is 19.2 Å². The van der Waals surface area contributed by atoms with E-state index in [-0.39, 0.29) is 24.2 Å². The zero-order valence-electron chi connectivity index (χ0n) is 18.3. The van der Waals surface area contributed by atoms with Crippen LogP contribution in [0.4, 0.5) is 4.39 Å². The van der Waals surface area contributed by atoms with Crippen LogP contribution in [0.2, 0.25) is 0 Å². The number of ether oxygens (including phenoxy) is 1. The SMILES string of the molecule is COc1ccc(CCNC(=O)[C@H](c2ccccc2)N(Cc2ccc(F)cc2)C(C)=O)cc1. The minimum Gasteiger partial charge on any atom is -0.497 e. The highest BCUT2D eigenvalue weighted by Gasteiger charge is 2.29. The predicted octanol–water partition coefficient (Wildman–Crippen LogP) is 4.28. The molecule has 0 aliphatic heterocycles. The molecule has 0 unspecified atom stereocenters. The molecule has 0 bridgehead atoms. The Kier molecular flexibility index (Phi) is 7.97. The van der Waals surface area contributed by atoms with E-state index in [0.29, 0.717) is 18.5 Å². The summed E-state index contributed by atoms with van der Waals surface area (Å²) in [7, 11) is 1.62. The number of rotatable bonds is 9. The molecule has 6 heteroatoms. The Morgan fingerprint density at radius 2 is 1.56 bits per heavy atom. The molecule has 0 heterocycles. The van der Waals surface area contributed by atoms with Crippen LogP contribution in [0.3, 0.4) is 0 Å². The van der Waals surface area contributed by atoms with Crippen molar-refractivity contribution in [3.8, 4) is 5.75 Å². The second-order valence-corrected chi connectivity index (χ2v) is 7.48. The summed E-state index contributed by atoms with van der Waals surface area (Å²) in [6, 6.07) is 22.0. The lowest BCUT2D eigenvalue weighted by atomic mass is 10.0. The molecular formula is C26H27FN2O3. The lowest BCUT2D eigenvalue weighted by Crippen LogP contribution is -2.43. The highest BCUT2D eigenvalue weighted by atomic mass is 19.1. The zero-order chi connectivity index (χ0) is 22.9. The number of hydrogen-bond donors (Lipinski definition) is 1. The Morgan fingerprint density at radius 3 is 2.16 bits per heavy atom. The van der Waals surface area contributed by atoms with Crippen molar-refractivity contribution in [2.24, 2.45) is 0 Å². The van der Waals surface area contributed by atoms with Crippen LogP contribution in [-0.4, -0.2) is 30.4 Å². The topological polar surface area (TPSA) is 58.6 Å². The third-order valence-corrected chi connectivity index (χ3v) is 5.22. The summed E-state index contributed by atoms with van der Waals surface area (Å²) in [5.74, 6) is -0.0747. The molecule has 166 valence electrons. The van der Waals surface area contributed by atoms with Gasteiger partial charge in [-0.05, 0) is 47.4 Å². The first-order chi connectivity index (χ1) is 15.5. The Balaban J connectivity index is 1.76. The molecule has 1 N–H and O–H groups in total. The van der Waals surface area contributed by atoms with Crippen LogP contribution >= 0.6 is 0 Å². The number of halogens is 1. The molecule has 0 radical (unpaired) electrons. The van der Waals surface area contributed by atoms with Crippen molar-refractivity contribution >= 4 is 11.8 Å². The Morgan fingerprint density at radius 1 is 0.938 bits per heavy atom. The van der Waals surface area contributed by atoms with Gasteiger partial charge in [0.15, 0.2) is 0 Å². The second-order valence-electron chi connectivity index (χ2n) is 7.48. The molecule has 2 amide bonds. The summed E-state index contributed by atoms with van der Waals surface area (Å²) in [5, 5.41) is 2.96. The van der Waals surface area contributed by atoms with Gasteiger partial charge < -0.3 is 15.0 Å². The standard InChI is InChI=1S/C26H27FN2O3/c1-19(30)29(18-21-8-12-23(27)13-9-21)25(22-6-4-3-5-7-22)26(31)28-17-16-20-10-14-24(32-2)15-11-20/h3-15,25H,16-18H2,1-2H3,(H,28,31)/t25-/m0/s1. The first-order valence-corrected chi connectivity index (χ1v) is 10.4. The maximum Gasteiger partial charge on any atom is 0.247 e. The normalized spacial score (nSPS) is 11.5. The highest BCUT2D eigenvalue weighted by molar-refractivity contribution is 5.88. The molecule has 0 aliphatic carbocycles. The highest BCUT2D eigenvalue weighted by Crippen LogP contribution is 2.24. The molecule has 32 heavy (non-hydrogen) atoms. The average Bonchev–Trinajstić information content (AvgIpc) is 2.81. The van der Waals surface area contributed by atoms with Gasteiger partial charge in [-0.1, -0.05) is 54.6 Å². The van der Waals surface area contributed by atoms with Crippen molar-refractivity contribution in [3.05, 3.63) is 101 Å². The van der Waals surface area contributed by atoms with Gasteiger partial charge in [0, 0.05) is 20.0 Å². The van der Waals surface area contributed by atoms with Crippen LogP contribution in [0.15, 0.2) is 78.9 Å². The van der Waals surface area contributed by atoms with Crippen molar-refractivity contribution in [1.82, 2.24) is 10.2 Å². The summed E-state index contributed by atoms with van der Waals surface area (Å²) in [6.45, 7) is 2.06. The van der Waals surface area contributed by atoms with Crippen LogP contribution in [-0.2, 0) is 22.6 Å². The van der Waals surface area contributed by atoms with Gasteiger partial charge in [0.1, 0.15) is 17.6 Å². The Labute approximate surface area is 187 Å². The summed E-state index contributed by atoms with van der Waals surface area (Å²) in [5.41, 5.74) is 2.53. The smallest absolute Gasteiger partial charge is 0.247 e. The van der Waals surface area contributed by atoms with Gasteiger partial charge in [0.2, 0.25) is 11.8 Å². The Bertz CT molecular complexity index is 1020. The lowest BCUT2D eigenvalue weighted by molar-refractivity contribution is -0.140. The fourth-order valence-electron chi connectivity index (χ4n) is 3.50. The number of nitrogens with zero attached hydrogens (tertiary/aromatic N) is 1. The maximum atomic E-state index is 13.3. The molecule has 5 nitrogen and oxygen atoms in total. The van der Waals surface area contributed by atoms with E-state index in [9.17, 15) is 14.0 Å². The molecule has 3 aromatic rings. The zero-order valence-corrected chi connectivity index (χ0v) is 18.3. The van der Waals surface area contributed by atoms with Crippen LogP contribution in [0.1, 0.15) is 29.7 Å². The van der Waals surface area contributed by atoms with E-state index in [1.165, 1.54) is 24.0 Å². The third-order valence-electron chi connectivity index (χ3n) is 5.22. The van der Waals surface area contributed by atoms with Gasteiger partial charge in [-0.15, -0.1) is 0 Å². The van der Waals surface area contributed by atoms with Crippen molar-refractivity contribution in [1.29, 1.82) is 0 Å². The molecular weight excluding hydrogens is 407 g/mol. The van der Waals surface area contributed by atoms with Gasteiger partial charge in [-0.25, -0.2) is 4.39 Å². The van der Waals surface area contributed by atoms with Gasteiger partial charge in [0.05, 0.1) is 7.11 Å². The molecule has 3 aromatic carbocycles. The van der Waals surface area contributed by atoms with E-state index < -0.39 is 6.04 Å². The van der Waals surface area contributed by atoms with Crippen molar-refractivity contribution in [2.45, 2.75) is 25.9 Å². The minimum absolute atomic E-state index is 0.196. The minimum atomic E-state index is -0.797. The van der Waals surface area contributed by atoms with Crippen molar-refractivity contribution < 1.29 is 18.7 Å². The number of amides is 2. The fourth-order valence-corrected chi connectivity index (χ4v) is 3.50. The fraction of sp³-hybridized carbons (Fsp3) is 0.231. The number of nitrogens with one attached hydrogen (secondary N) is 1. The molecule has 0 spiro atoms. The van der Waals surface area contributed by atoms with E-state index in [4.69, 9.17) is 4.74 Å². The quantitative estimate of drug-likeness (QED) is 0.547. The number of hydrogen-bond acceptors (Lipinski definition) is 3. The van der Waals surface area contributed by atoms with Gasteiger partial charge in [0.25, 0.3) is 0 Å². The third kappa shape index (κ3) is 6.17. The number of carbonyl (C=O) groups is 2. The summed E-state index contributed by atoms with van der Waals surface area (Å²) in [4.78, 5) is 27.3. The maximum absolute atomic E-state index is 13.3. The van der Waals surface area contributed by atoms with Crippen molar-refractivity contribution in [3.63, 3.8) is 0 Å². The second kappa shape index (κ2) is 11.1. The number of methoxy groups -OCH3 is 1. The average molecular weight is 435 g/mol. The van der Waals surface area contributed by atoms with Gasteiger partial charge in [-0.2, -0.15) is 0 Å². The largest absolute Gasteiger partial charge is 0.497 e. The first kappa shape index (κ1) is 23.0. The predicted molar refractivity (Wildman–Crippen MR) is 122 cm³/mol. The monoisotopic (exact) mass is 434 g/mol. The molecule has 0 saturated carbocycles. The van der Waals surface area contributed by atoms with Crippen LogP contribution in [0, 0.1) is 5.82 Å². The first-order valence-electron chi connectivity index (χ1n) is 10.4. The summed E-state index contributed by atoms with van der Waals surface area (Å²) >= 11 is 0. The Hall–Kier alpha value is -3.67. The molecule has 3 rings (SSSR count). The van der Waals surface area contributed by atoms with E-state index >= 15 is 0 Å². The summed E-state index contributed by atoms with van der Waals surface area (Å²) < 4.78 is 18.5. The van der Waals surface area contributed by atoms with Crippen molar-refractivity contribution in [2.75, 3.05) is 13.7 Å². The van der Waals surface area contributed by atoms with E-state index in [1.807, 2.05) is 54.6 Å². The molecule has 1 atom stereocenters. The molecule has 0 fully saturated rings. The molecule has 0 aliphatic rings. The van der Waals surface area contributed by atoms with Crippen LogP contribution in [0.5, 0.6) is 5.75 Å². The number of carbonyl (C=O) groups excluding carboxylic acids is 2. The summed E-state index contributed by atoms with van der Waals surface area (Å²) in [6.07, 6.45) is 0.648. The van der Waals surface area contributed by atoms with Gasteiger partial charge >= 0.3 is 0 Å².